The van der Waals surface area contributed by atoms with Crippen molar-refractivity contribution in [2.24, 2.45) is 0 Å². The standard InChI is InChI=1S/C12H17NO3S/c1-12(2,3)16-11(14)15-10-6-8-4-5-17-9(8)7-13-10/h4-5,10,13H,6-7H2,1-3H3. The van der Waals surface area contributed by atoms with Gasteiger partial charge in [0.15, 0.2) is 6.23 Å². The maximum Gasteiger partial charge on any atom is 0.510 e. The van der Waals surface area contributed by atoms with Crippen molar-refractivity contribution in [1.82, 2.24) is 5.32 Å². The van der Waals surface area contributed by atoms with E-state index in [4.69, 9.17) is 9.47 Å². The molecular formula is C12H17NO3S. The number of thiophene rings is 1. The minimum Gasteiger partial charge on any atom is -0.429 e. The third-order valence-electron chi connectivity index (χ3n) is 2.36. The van der Waals surface area contributed by atoms with E-state index in [2.05, 4.69) is 16.8 Å². The minimum atomic E-state index is -0.617. The molecular weight excluding hydrogens is 238 g/mol. The number of rotatable bonds is 1. The molecule has 0 saturated heterocycles. The molecule has 0 radical (unpaired) electrons. The van der Waals surface area contributed by atoms with Gasteiger partial charge in [0.1, 0.15) is 5.60 Å². The molecule has 2 heterocycles. The number of hydrogen-bond donors (Lipinski definition) is 1. The van der Waals surface area contributed by atoms with E-state index in [9.17, 15) is 4.79 Å². The number of carbonyl (C=O) groups is 1. The molecule has 2 rings (SSSR count). The van der Waals surface area contributed by atoms with Crippen molar-refractivity contribution in [3.8, 4) is 0 Å². The van der Waals surface area contributed by atoms with E-state index in [0.717, 1.165) is 6.54 Å². The third-order valence-corrected chi connectivity index (χ3v) is 3.32. The van der Waals surface area contributed by atoms with Gasteiger partial charge in [-0.25, -0.2) is 4.79 Å². The summed E-state index contributed by atoms with van der Waals surface area (Å²) in [6.45, 7) is 6.21. The summed E-state index contributed by atoms with van der Waals surface area (Å²) in [5.74, 6) is 0. The van der Waals surface area contributed by atoms with Crippen LogP contribution in [0.4, 0.5) is 4.79 Å². The Hall–Kier alpha value is -1.07. The zero-order valence-corrected chi connectivity index (χ0v) is 11.1. The average Bonchev–Trinajstić information content (AvgIpc) is 2.61. The first kappa shape index (κ1) is 12.4. The second-order valence-electron chi connectivity index (χ2n) is 5.02. The SMILES string of the molecule is CC(C)(C)OC(=O)OC1Cc2ccsc2CN1. The third kappa shape index (κ3) is 3.44. The van der Waals surface area contributed by atoms with Crippen LogP contribution in [0.25, 0.3) is 0 Å². The number of hydrogen-bond acceptors (Lipinski definition) is 5. The Morgan fingerprint density at radius 3 is 3.00 bits per heavy atom. The number of carbonyl (C=O) groups excluding carboxylic acids is 1. The largest absolute Gasteiger partial charge is 0.510 e. The normalized spacial score (nSPS) is 19.6. The highest BCUT2D eigenvalue weighted by molar-refractivity contribution is 7.10. The zero-order chi connectivity index (χ0) is 12.5. The quantitative estimate of drug-likeness (QED) is 0.784. The number of ether oxygens (including phenoxy) is 2. The van der Waals surface area contributed by atoms with Gasteiger partial charge in [0.25, 0.3) is 0 Å². The van der Waals surface area contributed by atoms with Crippen LogP contribution in [0.3, 0.4) is 0 Å². The predicted octanol–water partition coefficient (Wildman–Crippen LogP) is 2.67. The summed E-state index contributed by atoms with van der Waals surface area (Å²) >= 11 is 1.72. The number of nitrogens with one attached hydrogen (secondary N) is 1. The van der Waals surface area contributed by atoms with Crippen LogP contribution in [-0.2, 0) is 22.4 Å². The van der Waals surface area contributed by atoms with Crippen molar-refractivity contribution in [3.05, 3.63) is 21.9 Å². The van der Waals surface area contributed by atoms with Gasteiger partial charge in [-0.2, -0.15) is 0 Å². The Morgan fingerprint density at radius 1 is 1.53 bits per heavy atom. The Morgan fingerprint density at radius 2 is 2.29 bits per heavy atom. The van der Waals surface area contributed by atoms with Crippen LogP contribution in [0.5, 0.6) is 0 Å². The second-order valence-corrected chi connectivity index (χ2v) is 6.03. The Bertz CT molecular complexity index is 408. The lowest BCUT2D eigenvalue weighted by molar-refractivity contribution is -0.0352. The fourth-order valence-corrected chi connectivity index (χ4v) is 2.52. The molecule has 4 nitrogen and oxygen atoms in total. The van der Waals surface area contributed by atoms with Crippen LogP contribution in [-0.4, -0.2) is 18.0 Å². The van der Waals surface area contributed by atoms with Crippen molar-refractivity contribution in [3.63, 3.8) is 0 Å². The Labute approximate surface area is 105 Å². The molecule has 1 aliphatic heterocycles. The van der Waals surface area contributed by atoms with Gasteiger partial charge >= 0.3 is 6.16 Å². The molecule has 0 aliphatic carbocycles. The smallest absolute Gasteiger partial charge is 0.429 e. The Kier molecular flexibility index (Phi) is 3.40. The summed E-state index contributed by atoms with van der Waals surface area (Å²) in [6.07, 6.45) is -0.196. The van der Waals surface area contributed by atoms with Crippen LogP contribution >= 0.6 is 11.3 Å². The van der Waals surface area contributed by atoms with E-state index in [1.165, 1.54) is 10.4 Å². The summed E-state index contributed by atoms with van der Waals surface area (Å²) in [6, 6.07) is 2.08. The van der Waals surface area contributed by atoms with Crippen LogP contribution in [0.1, 0.15) is 31.2 Å². The van der Waals surface area contributed by atoms with Crippen LogP contribution < -0.4 is 5.32 Å². The lowest BCUT2D eigenvalue weighted by Crippen LogP contribution is -2.39. The van der Waals surface area contributed by atoms with Crippen LogP contribution in [0.15, 0.2) is 11.4 Å². The molecule has 5 heteroatoms. The van der Waals surface area contributed by atoms with Gasteiger partial charge in [0, 0.05) is 17.8 Å². The average molecular weight is 255 g/mol. The van der Waals surface area contributed by atoms with Crippen molar-refractivity contribution in [1.29, 1.82) is 0 Å². The molecule has 1 atom stereocenters. The summed E-state index contributed by atoms with van der Waals surface area (Å²) in [7, 11) is 0. The van der Waals surface area contributed by atoms with Gasteiger partial charge < -0.3 is 9.47 Å². The summed E-state index contributed by atoms with van der Waals surface area (Å²) in [5.41, 5.74) is 0.738. The highest BCUT2D eigenvalue weighted by Crippen LogP contribution is 2.23. The van der Waals surface area contributed by atoms with Crippen molar-refractivity contribution >= 4 is 17.5 Å². The van der Waals surface area contributed by atoms with Gasteiger partial charge in [-0.1, -0.05) is 0 Å². The molecule has 1 aromatic rings. The molecule has 0 bridgehead atoms. The first-order valence-corrected chi connectivity index (χ1v) is 6.50. The van der Waals surface area contributed by atoms with E-state index >= 15 is 0 Å². The molecule has 0 amide bonds. The molecule has 0 fully saturated rings. The van der Waals surface area contributed by atoms with Crippen LogP contribution in [0.2, 0.25) is 0 Å². The zero-order valence-electron chi connectivity index (χ0n) is 10.3. The van der Waals surface area contributed by atoms with E-state index in [-0.39, 0.29) is 6.23 Å². The van der Waals surface area contributed by atoms with E-state index in [1.54, 1.807) is 11.3 Å². The maximum atomic E-state index is 11.5. The van der Waals surface area contributed by atoms with Gasteiger partial charge in [-0.05, 0) is 37.8 Å². The van der Waals surface area contributed by atoms with Gasteiger partial charge in [0.2, 0.25) is 0 Å². The highest BCUT2D eigenvalue weighted by Gasteiger charge is 2.25. The first-order chi connectivity index (χ1) is 7.94. The van der Waals surface area contributed by atoms with E-state index in [0.29, 0.717) is 6.42 Å². The van der Waals surface area contributed by atoms with Gasteiger partial charge in [-0.15, -0.1) is 11.3 Å². The van der Waals surface area contributed by atoms with Crippen molar-refractivity contribution in [2.45, 2.75) is 45.6 Å². The van der Waals surface area contributed by atoms with Crippen molar-refractivity contribution < 1.29 is 14.3 Å². The molecule has 1 N–H and O–H groups in total. The maximum absolute atomic E-state index is 11.5. The molecule has 94 valence electrons. The fraction of sp³-hybridized carbons (Fsp3) is 0.583. The highest BCUT2D eigenvalue weighted by atomic mass is 32.1. The lowest BCUT2D eigenvalue weighted by Gasteiger charge is -2.25. The predicted molar refractivity (Wildman–Crippen MR) is 66.0 cm³/mol. The summed E-state index contributed by atoms with van der Waals surface area (Å²) in [5, 5.41) is 5.22. The van der Waals surface area contributed by atoms with Crippen molar-refractivity contribution in [2.75, 3.05) is 0 Å². The second kappa shape index (κ2) is 4.66. The monoisotopic (exact) mass is 255 g/mol. The number of fused-ring (bicyclic) bond motifs is 1. The topological polar surface area (TPSA) is 47.6 Å². The molecule has 1 aromatic heterocycles. The van der Waals surface area contributed by atoms with Gasteiger partial charge in [0.05, 0.1) is 0 Å². The first-order valence-electron chi connectivity index (χ1n) is 5.62. The van der Waals surface area contributed by atoms with Gasteiger partial charge in [-0.3, -0.25) is 5.32 Å². The molecule has 0 saturated carbocycles. The minimum absolute atomic E-state index is 0.285. The van der Waals surface area contributed by atoms with E-state index < -0.39 is 11.8 Å². The lowest BCUT2D eigenvalue weighted by atomic mass is 10.1. The summed E-state index contributed by atoms with van der Waals surface area (Å²) in [4.78, 5) is 12.8. The molecule has 0 spiro atoms. The molecule has 17 heavy (non-hydrogen) atoms. The van der Waals surface area contributed by atoms with E-state index in [1.807, 2.05) is 20.8 Å². The Balaban J connectivity index is 1.88. The molecule has 0 aromatic carbocycles. The van der Waals surface area contributed by atoms with Crippen LogP contribution in [0, 0.1) is 0 Å². The fourth-order valence-electron chi connectivity index (χ4n) is 1.66. The molecule has 1 aliphatic rings. The summed E-state index contributed by atoms with van der Waals surface area (Å²) < 4.78 is 10.3. The molecule has 1 unspecified atom stereocenters.